The molecule has 0 rings (SSSR count). The number of carbonyl (C=O) groups excluding carboxylic acids is 14. The first-order valence-electron chi connectivity index (χ1n) is 32.3. The second-order valence-electron chi connectivity index (χ2n) is 24.4. The lowest BCUT2D eigenvalue weighted by Crippen LogP contribution is -2.62. The molecule has 0 aromatic rings. The number of nitrogens with two attached hydrogens (primary N) is 7. The molecule has 0 heterocycles. The van der Waals surface area contributed by atoms with Gasteiger partial charge in [-0.25, -0.2) is 4.79 Å². The molecule has 14 amide bonds. The van der Waals surface area contributed by atoms with Crippen LogP contribution in [0.1, 0.15) is 144 Å². The summed E-state index contributed by atoms with van der Waals surface area (Å²) in [6.07, 6.45) is -8.22. The number of primary amides is 3. The number of carbonyl (C=O) groups is 19. The highest BCUT2D eigenvalue weighted by Crippen LogP contribution is 2.15. The zero-order chi connectivity index (χ0) is 78.4. The van der Waals surface area contributed by atoms with E-state index in [9.17, 15) is 117 Å². The molecule has 0 saturated heterocycles. The quantitative estimate of drug-likeness (QED) is 0.0153. The van der Waals surface area contributed by atoms with E-state index >= 15 is 0 Å². The molecule has 102 heavy (non-hydrogen) atoms. The number of nitrogens with zero attached hydrogens (tertiary/aromatic N) is 1. The molecule has 0 spiro atoms. The summed E-state index contributed by atoms with van der Waals surface area (Å²) in [6.45, 7) is 8.97. The Morgan fingerprint density at radius 2 is 0.667 bits per heavy atom. The number of carboxylic acid groups (broad SMARTS) is 5. The number of aliphatic imine (C=N–C) groups is 1. The molecule has 13 atom stereocenters. The van der Waals surface area contributed by atoms with Gasteiger partial charge in [-0.1, -0.05) is 48.0 Å². The van der Waals surface area contributed by atoms with Crippen LogP contribution in [-0.2, 0) is 91.1 Å². The van der Waals surface area contributed by atoms with Crippen molar-refractivity contribution < 1.29 is 117 Å². The van der Waals surface area contributed by atoms with Crippen molar-refractivity contribution in [3.63, 3.8) is 0 Å². The lowest BCUT2D eigenvalue weighted by atomic mass is 9.95. The van der Waals surface area contributed by atoms with Gasteiger partial charge in [-0.05, 0) is 75.7 Å². The van der Waals surface area contributed by atoms with Crippen LogP contribution in [0.5, 0.6) is 0 Å². The van der Waals surface area contributed by atoms with E-state index in [1.54, 1.807) is 6.92 Å². The summed E-state index contributed by atoms with van der Waals surface area (Å²) < 4.78 is 0. The Hall–Kier alpha value is -10.9. The molecule has 0 aliphatic carbocycles. The Labute approximate surface area is 584 Å². The summed E-state index contributed by atoms with van der Waals surface area (Å²) in [7, 11) is 0. The summed E-state index contributed by atoms with van der Waals surface area (Å²) in [4.78, 5) is 252. The maximum Gasteiger partial charge on any atom is 0.326 e. The van der Waals surface area contributed by atoms with Crippen molar-refractivity contribution in [2.45, 2.75) is 217 Å². The normalized spacial score (nSPS) is 14.8. The number of carboxylic acids is 5. The van der Waals surface area contributed by atoms with Crippen LogP contribution in [-0.4, -0.2) is 230 Å². The molecule has 0 aromatic heterocycles. The average molecular weight is 1460 g/mol. The maximum atomic E-state index is 14.5. The zero-order valence-electron chi connectivity index (χ0n) is 57.4. The van der Waals surface area contributed by atoms with E-state index < -0.39 is 267 Å². The topological polar surface area (TPSA) is 752 Å². The van der Waals surface area contributed by atoms with Gasteiger partial charge in [0, 0.05) is 25.8 Å². The van der Waals surface area contributed by atoms with Crippen molar-refractivity contribution in [1.29, 1.82) is 0 Å². The molecule has 0 aliphatic rings. The Bertz CT molecular complexity index is 3040. The number of hydrogen-bond donors (Lipinski definition) is 23. The number of hydrogen-bond acceptors (Lipinski definition) is 22. The van der Waals surface area contributed by atoms with E-state index in [1.807, 2.05) is 5.32 Å². The van der Waals surface area contributed by atoms with Crippen LogP contribution in [0.4, 0.5) is 0 Å². The van der Waals surface area contributed by atoms with Gasteiger partial charge in [0.25, 0.3) is 0 Å². The molecule has 574 valence electrons. The molecule has 0 aliphatic heterocycles. The number of amides is 14. The average Bonchev–Trinajstić information content (AvgIpc) is 0.848. The number of rotatable bonds is 52. The third-order valence-corrected chi connectivity index (χ3v) is 15.1. The molecule has 0 bridgehead atoms. The molecule has 0 radical (unpaired) electrons. The monoisotopic (exact) mass is 1460 g/mol. The summed E-state index contributed by atoms with van der Waals surface area (Å²) in [6, 6.07) is -21.6. The number of unbranched alkanes of at least 4 members (excludes halogenated alkanes) is 1. The molecule has 30 N–H and O–H groups in total. The van der Waals surface area contributed by atoms with Crippen LogP contribution in [0.15, 0.2) is 4.99 Å². The van der Waals surface area contributed by atoms with E-state index in [1.165, 1.54) is 34.6 Å². The first-order chi connectivity index (χ1) is 47.5. The lowest BCUT2D eigenvalue weighted by Gasteiger charge is -2.31. The molecule has 43 nitrogen and oxygen atoms in total. The van der Waals surface area contributed by atoms with Crippen molar-refractivity contribution in [3.8, 4) is 0 Å². The fourth-order valence-electron chi connectivity index (χ4n) is 9.30. The van der Waals surface area contributed by atoms with Gasteiger partial charge in [-0.15, -0.1) is 0 Å². The summed E-state index contributed by atoms with van der Waals surface area (Å²) >= 11 is 0. The van der Waals surface area contributed by atoms with Crippen LogP contribution in [0.25, 0.3) is 0 Å². The Morgan fingerprint density at radius 3 is 1.02 bits per heavy atom. The van der Waals surface area contributed by atoms with E-state index in [-0.39, 0.29) is 51.6 Å². The van der Waals surface area contributed by atoms with Gasteiger partial charge in [0.1, 0.15) is 66.5 Å². The first-order valence-corrected chi connectivity index (χ1v) is 32.3. The standard InChI is InChI=1S/C59H99N19O24/c1-7-27(6)46(57(100)77-45(26(4)5)56(99)76-44(25(2)3)55(98)75-36(24-43(88)89)54(97)74-34(22-39(64)81)52(95)71-32(58(101)102)11-8-9-19-60)78-50(93)29(12-10-20-67-59(65)66)68-48(91)30(14-17-40(82)83)69-51(94)33(21-38(63)80)73-49(92)31(15-18-41(84)85)70-53(96)35(23-42(86)87)72-47(90)28(61)13-16-37(62)79/h25-36,44-46H,7-24,60-61H2,1-6H3,(H2,62,79)(H2,63,80)(H2,64,81)(H,68,91)(H,69,94)(H,70,96)(H,71,95)(H,72,90)(H,73,92)(H,74,97)(H,75,98)(H,76,99)(H,77,100)(H,78,93)(H,82,83)(H,84,85)(H,86,87)(H,88,89)(H,101,102)(H4,65,66,67)/t27-,28-,29-,30-,31-,32-,33-,34-,35-,36-,44-,45-,46-/m0/s1. The molecular weight excluding hydrogens is 1360 g/mol. The number of aliphatic carboxylic acids is 5. The van der Waals surface area contributed by atoms with Crippen LogP contribution in [0.3, 0.4) is 0 Å². The van der Waals surface area contributed by atoms with Crippen molar-refractivity contribution in [3.05, 3.63) is 0 Å². The largest absolute Gasteiger partial charge is 0.481 e. The number of nitrogens with one attached hydrogen (secondary N) is 11. The third-order valence-electron chi connectivity index (χ3n) is 15.1. The van der Waals surface area contributed by atoms with Crippen LogP contribution in [0, 0.1) is 17.8 Å². The highest BCUT2D eigenvalue weighted by Gasteiger charge is 2.40. The zero-order valence-corrected chi connectivity index (χ0v) is 57.4. The predicted octanol–water partition coefficient (Wildman–Crippen LogP) is -9.03. The summed E-state index contributed by atoms with van der Waals surface area (Å²) in [5, 5.41) is 72.8. The fraction of sp³-hybridized carbons (Fsp3) is 0.661. The maximum absolute atomic E-state index is 14.5. The van der Waals surface area contributed by atoms with Crippen molar-refractivity contribution in [2.75, 3.05) is 13.1 Å². The number of guanidine groups is 1. The van der Waals surface area contributed by atoms with Crippen molar-refractivity contribution in [1.82, 2.24) is 58.5 Å². The molecular formula is C59H99N19O24. The fourth-order valence-corrected chi connectivity index (χ4v) is 9.30. The lowest BCUT2D eigenvalue weighted by molar-refractivity contribution is -0.144. The van der Waals surface area contributed by atoms with E-state index in [4.69, 9.17) is 40.1 Å². The summed E-state index contributed by atoms with van der Waals surface area (Å²) in [5.41, 5.74) is 38.0. The van der Waals surface area contributed by atoms with Crippen molar-refractivity contribution >= 4 is 119 Å². The van der Waals surface area contributed by atoms with Gasteiger partial charge in [0.15, 0.2) is 5.96 Å². The molecule has 0 fully saturated rings. The van der Waals surface area contributed by atoms with Gasteiger partial charge >= 0.3 is 29.8 Å². The van der Waals surface area contributed by atoms with Crippen LogP contribution >= 0.6 is 0 Å². The van der Waals surface area contributed by atoms with Gasteiger partial charge in [-0.2, -0.15) is 0 Å². The second-order valence-corrected chi connectivity index (χ2v) is 24.4. The summed E-state index contributed by atoms with van der Waals surface area (Å²) in [5.74, 6) is -27.8. The minimum Gasteiger partial charge on any atom is -0.481 e. The Balaban J connectivity index is 7.21. The van der Waals surface area contributed by atoms with Gasteiger partial charge < -0.3 is 124 Å². The van der Waals surface area contributed by atoms with Gasteiger partial charge in [0.05, 0.1) is 31.7 Å². The first kappa shape index (κ1) is 91.1. The van der Waals surface area contributed by atoms with Gasteiger partial charge in [-0.3, -0.25) is 91.3 Å². The van der Waals surface area contributed by atoms with E-state index in [0.29, 0.717) is 6.42 Å². The second kappa shape index (κ2) is 46.5. The third kappa shape index (κ3) is 36.3. The molecule has 0 unspecified atom stereocenters. The highest BCUT2D eigenvalue weighted by atomic mass is 16.4. The minimum absolute atomic E-state index is 0.108. The van der Waals surface area contributed by atoms with Crippen molar-refractivity contribution in [2.24, 2.45) is 62.9 Å². The van der Waals surface area contributed by atoms with Crippen LogP contribution in [0.2, 0.25) is 0 Å². The molecule has 43 heteroatoms. The minimum atomic E-state index is -2.14. The van der Waals surface area contributed by atoms with E-state index in [2.05, 4.69) is 58.2 Å². The van der Waals surface area contributed by atoms with Crippen LogP contribution < -0.4 is 98.6 Å². The van der Waals surface area contributed by atoms with E-state index in [0.717, 1.165) is 0 Å². The predicted molar refractivity (Wildman–Crippen MR) is 353 cm³/mol. The Morgan fingerprint density at radius 1 is 0.343 bits per heavy atom. The smallest absolute Gasteiger partial charge is 0.326 e. The molecule has 0 saturated carbocycles. The molecule has 0 aromatic carbocycles. The Kier molecular flexibility index (Phi) is 41.5. The highest BCUT2D eigenvalue weighted by molar-refractivity contribution is 6.01. The van der Waals surface area contributed by atoms with Gasteiger partial charge in [0.2, 0.25) is 82.7 Å². The SMILES string of the molecule is CC[C@H](C)[C@H](NC(=O)[C@H](CCCN=C(N)N)NC(=O)[C@H](CCC(=O)O)NC(=O)[C@H](CC(N)=O)NC(=O)[C@H](CCC(=O)O)NC(=O)[C@H](CC(=O)O)NC(=O)[C@@H](N)CCC(N)=O)C(=O)N[C@H](C(=O)N[C@H](C(=O)N[C@@H](CC(=O)O)C(=O)N[C@@H](CC(N)=O)C(=O)N[C@@H](CCCCN)C(=O)O)C(C)C)C(C)C.